The van der Waals surface area contributed by atoms with Crippen molar-refractivity contribution >= 4 is 28.2 Å². The van der Waals surface area contributed by atoms with Gasteiger partial charge in [-0.3, -0.25) is 9.59 Å². The van der Waals surface area contributed by atoms with E-state index in [0.717, 1.165) is 51.9 Å². The van der Waals surface area contributed by atoms with Crippen LogP contribution in [0.25, 0.3) is 0 Å². The van der Waals surface area contributed by atoms with Gasteiger partial charge in [0.1, 0.15) is 11.1 Å². The van der Waals surface area contributed by atoms with Crippen molar-refractivity contribution in [3.05, 3.63) is 17.0 Å². The van der Waals surface area contributed by atoms with Crippen LogP contribution in [-0.4, -0.2) is 54.3 Å². The van der Waals surface area contributed by atoms with E-state index in [9.17, 15) is 9.59 Å². The number of hydrogen-bond acceptors (Lipinski definition) is 5. The zero-order valence-corrected chi connectivity index (χ0v) is 16.6. The second-order valence-electron chi connectivity index (χ2n) is 7.43. The predicted molar refractivity (Wildman–Crippen MR) is 106 cm³/mol. The Morgan fingerprint density at radius 3 is 2.52 bits per heavy atom. The van der Waals surface area contributed by atoms with Gasteiger partial charge < -0.3 is 15.1 Å². The molecule has 0 radical (unpaired) electrons. The summed E-state index contributed by atoms with van der Waals surface area (Å²) < 4.78 is 0. The van der Waals surface area contributed by atoms with E-state index in [-0.39, 0.29) is 11.8 Å². The van der Waals surface area contributed by atoms with Gasteiger partial charge in [-0.1, -0.05) is 12.8 Å². The Hall–Kier alpha value is -1.91. The number of carbonyl (C=O) groups is 2. The topological polar surface area (TPSA) is 76.4 Å². The molecule has 3 heterocycles. The van der Waals surface area contributed by atoms with E-state index in [1.54, 1.807) is 11.4 Å². The summed E-state index contributed by atoms with van der Waals surface area (Å²) in [7, 11) is 0. The fourth-order valence-corrected chi connectivity index (χ4v) is 4.65. The minimum absolute atomic E-state index is 0.0586. The molecule has 2 saturated heterocycles. The van der Waals surface area contributed by atoms with Gasteiger partial charge in [-0.2, -0.15) is 5.26 Å². The number of likely N-dealkylation sites (tertiary alicyclic amines) is 2. The van der Waals surface area contributed by atoms with Crippen LogP contribution < -0.4 is 5.32 Å². The first-order valence-corrected chi connectivity index (χ1v) is 10.8. The fourth-order valence-electron chi connectivity index (χ4n) is 3.90. The third-order valence-electron chi connectivity index (χ3n) is 5.55. The average molecular weight is 389 g/mol. The van der Waals surface area contributed by atoms with Crippen molar-refractivity contribution in [2.45, 2.75) is 44.9 Å². The Labute approximate surface area is 165 Å². The highest BCUT2D eigenvalue weighted by molar-refractivity contribution is 7.14. The number of amides is 2. The standard InChI is InChI=1S/C20H28N4O2S/c21-15-17-8-14-27-19(17)22-18(25)7-13-23-11-5-16(6-12-23)20(26)24-9-3-1-2-4-10-24/h8,14,16H,1-7,9-13H2,(H,22,25). The van der Waals surface area contributed by atoms with Crippen LogP contribution in [0.2, 0.25) is 0 Å². The number of hydrogen-bond donors (Lipinski definition) is 1. The van der Waals surface area contributed by atoms with Gasteiger partial charge in [-0.15, -0.1) is 11.3 Å². The van der Waals surface area contributed by atoms with E-state index in [2.05, 4.69) is 21.2 Å². The van der Waals surface area contributed by atoms with Crippen LogP contribution in [0, 0.1) is 17.2 Å². The first-order valence-electron chi connectivity index (χ1n) is 9.96. The zero-order chi connectivity index (χ0) is 19.1. The lowest BCUT2D eigenvalue weighted by molar-refractivity contribution is -0.137. The Kier molecular flexibility index (Phi) is 7.25. The number of rotatable bonds is 5. The summed E-state index contributed by atoms with van der Waals surface area (Å²) in [6.45, 7) is 4.29. The average Bonchev–Trinajstić information content (AvgIpc) is 2.96. The maximum atomic E-state index is 12.7. The zero-order valence-electron chi connectivity index (χ0n) is 15.8. The molecule has 0 bridgehead atoms. The van der Waals surface area contributed by atoms with E-state index in [4.69, 9.17) is 5.26 Å². The molecule has 3 rings (SSSR count). The highest BCUT2D eigenvalue weighted by Gasteiger charge is 2.28. The Morgan fingerprint density at radius 1 is 1.15 bits per heavy atom. The van der Waals surface area contributed by atoms with Gasteiger partial charge in [0.05, 0.1) is 5.56 Å². The maximum Gasteiger partial charge on any atom is 0.226 e. The molecule has 27 heavy (non-hydrogen) atoms. The van der Waals surface area contributed by atoms with Crippen molar-refractivity contribution in [2.75, 3.05) is 38.0 Å². The largest absolute Gasteiger partial charge is 0.342 e. The number of nitrogens with zero attached hydrogens (tertiary/aromatic N) is 3. The maximum absolute atomic E-state index is 12.7. The van der Waals surface area contributed by atoms with Crippen molar-refractivity contribution in [3.8, 4) is 6.07 Å². The van der Waals surface area contributed by atoms with Gasteiger partial charge in [0.25, 0.3) is 0 Å². The Morgan fingerprint density at radius 2 is 1.85 bits per heavy atom. The number of anilines is 1. The van der Waals surface area contributed by atoms with Crippen LogP contribution in [0.4, 0.5) is 5.00 Å². The van der Waals surface area contributed by atoms with Crippen molar-refractivity contribution < 1.29 is 9.59 Å². The van der Waals surface area contributed by atoms with Crippen molar-refractivity contribution in [1.29, 1.82) is 5.26 Å². The second-order valence-corrected chi connectivity index (χ2v) is 8.34. The second kappa shape index (κ2) is 9.86. The molecule has 0 spiro atoms. The van der Waals surface area contributed by atoms with Crippen LogP contribution in [0.5, 0.6) is 0 Å². The van der Waals surface area contributed by atoms with Gasteiger partial charge in [-0.05, 0) is 50.2 Å². The Balaban J connectivity index is 1.38. The minimum Gasteiger partial charge on any atom is -0.342 e. The summed E-state index contributed by atoms with van der Waals surface area (Å²) in [4.78, 5) is 29.2. The molecule has 2 aliphatic heterocycles. The number of nitrogens with one attached hydrogen (secondary N) is 1. The fraction of sp³-hybridized carbons (Fsp3) is 0.650. The van der Waals surface area contributed by atoms with Gasteiger partial charge in [0.2, 0.25) is 11.8 Å². The first-order chi connectivity index (χ1) is 13.2. The highest BCUT2D eigenvalue weighted by Crippen LogP contribution is 2.23. The molecule has 2 aliphatic rings. The number of nitriles is 1. The first kappa shape index (κ1) is 19.8. The number of piperidine rings is 1. The molecule has 0 unspecified atom stereocenters. The SMILES string of the molecule is N#Cc1ccsc1NC(=O)CCN1CCC(C(=O)N2CCCCCC2)CC1. The molecule has 1 N–H and O–H groups in total. The molecule has 6 nitrogen and oxygen atoms in total. The van der Waals surface area contributed by atoms with Crippen molar-refractivity contribution in [3.63, 3.8) is 0 Å². The molecule has 1 aromatic heterocycles. The number of thiophene rings is 1. The molecule has 0 saturated carbocycles. The van der Waals surface area contributed by atoms with E-state index >= 15 is 0 Å². The van der Waals surface area contributed by atoms with Crippen molar-refractivity contribution in [1.82, 2.24) is 9.80 Å². The predicted octanol–water partition coefficient (Wildman–Crippen LogP) is 3.06. The van der Waals surface area contributed by atoms with E-state index < -0.39 is 0 Å². The summed E-state index contributed by atoms with van der Waals surface area (Å²) in [5.41, 5.74) is 0.515. The van der Waals surface area contributed by atoms with Gasteiger partial charge in [0.15, 0.2) is 0 Å². The molecular weight excluding hydrogens is 360 g/mol. The summed E-state index contributed by atoms with van der Waals surface area (Å²) in [5.74, 6) is 0.435. The van der Waals surface area contributed by atoms with E-state index in [0.29, 0.717) is 29.4 Å². The van der Waals surface area contributed by atoms with Gasteiger partial charge >= 0.3 is 0 Å². The normalized spacial score (nSPS) is 19.3. The third kappa shape index (κ3) is 5.53. The minimum atomic E-state index is -0.0586. The lowest BCUT2D eigenvalue weighted by Crippen LogP contribution is -2.43. The summed E-state index contributed by atoms with van der Waals surface area (Å²) in [6, 6.07) is 3.80. The van der Waals surface area contributed by atoms with Crippen LogP contribution >= 0.6 is 11.3 Å². The van der Waals surface area contributed by atoms with E-state index in [1.165, 1.54) is 24.2 Å². The molecule has 7 heteroatoms. The van der Waals surface area contributed by atoms with Gasteiger partial charge in [-0.25, -0.2) is 0 Å². The molecule has 2 amide bonds. The number of carbonyl (C=O) groups excluding carboxylic acids is 2. The molecule has 2 fully saturated rings. The molecule has 146 valence electrons. The Bertz CT molecular complexity index is 680. The molecule has 0 aromatic carbocycles. The quantitative estimate of drug-likeness (QED) is 0.841. The van der Waals surface area contributed by atoms with Crippen LogP contribution in [-0.2, 0) is 9.59 Å². The molecule has 0 atom stereocenters. The van der Waals surface area contributed by atoms with Crippen LogP contribution in [0.1, 0.15) is 50.5 Å². The lowest BCUT2D eigenvalue weighted by Gasteiger charge is -2.33. The van der Waals surface area contributed by atoms with Crippen molar-refractivity contribution in [2.24, 2.45) is 5.92 Å². The summed E-state index contributed by atoms with van der Waals surface area (Å²) >= 11 is 1.37. The summed E-state index contributed by atoms with van der Waals surface area (Å²) in [6.07, 6.45) is 6.95. The van der Waals surface area contributed by atoms with E-state index in [1.807, 2.05) is 0 Å². The molecule has 1 aromatic rings. The summed E-state index contributed by atoms with van der Waals surface area (Å²) in [5, 5.41) is 14.3. The lowest BCUT2D eigenvalue weighted by atomic mass is 9.95. The monoisotopic (exact) mass is 388 g/mol. The molecular formula is C20H28N4O2S. The molecule has 0 aliphatic carbocycles. The van der Waals surface area contributed by atoms with Crippen LogP contribution in [0.15, 0.2) is 11.4 Å². The smallest absolute Gasteiger partial charge is 0.226 e. The van der Waals surface area contributed by atoms with Gasteiger partial charge in [0, 0.05) is 32.0 Å². The third-order valence-corrected chi connectivity index (χ3v) is 6.38. The van der Waals surface area contributed by atoms with Crippen LogP contribution in [0.3, 0.4) is 0 Å². The highest BCUT2D eigenvalue weighted by atomic mass is 32.1.